The molecule has 0 saturated heterocycles. The van der Waals surface area contributed by atoms with Gasteiger partial charge in [0.2, 0.25) is 0 Å². The first kappa shape index (κ1) is 14.8. The van der Waals surface area contributed by atoms with Crippen LogP contribution in [-0.4, -0.2) is 19.9 Å². The molecule has 0 atom stereocenters. The van der Waals surface area contributed by atoms with Gasteiger partial charge in [0.05, 0.1) is 22.4 Å². The van der Waals surface area contributed by atoms with Gasteiger partial charge < -0.3 is 4.98 Å². The van der Waals surface area contributed by atoms with E-state index in [4.69, 9.17) is 16.6 Å². The van der Waals surface area contributed by atoms with Crippen molar-refractivity contribution in [3.05, 3.63) is 65.7 Å². The Balaban J connectivity index is 1.91. The quantitative estimate of drug-likeness (QED) is 0.579. The summed E-state index contributed by atoms with van der Waals surface area (Å²) in [5.74, 6) is 0.944. The molecule has 0 saturated carbocycles. The van der Waals surface area contributed by atoms with Crippen LogP contribution in [-0.2, 0) is 6.42 Å². The van der Waals surface area contributed by atoms with E-state index in [-0.39, 0.29) is 0 Å². The number of nitrogens with one attached hydrogen (secondary N) is 1. The summed E-state index contributed by atoms with van der Waals surface area (Å²) in [5.41, 5.74) is 5.64. The molecule has 4 rings (SSSR count). The zero-order chi connectivity index (χ0) is 16.5. The van der Waals surface area contributed by atoms with Crippen LogP contribution >= 0.6 is 11.6 Å². The molecule has 0 radical (unpaired) electrons. The molecule has 118 valence electrons. The predicted molar refractivity (Wildman–Crippen MR) is 96.9 cm³/mol. The third-order valence-corrected chi connectivity index (χ3v) is 4.18. The number of hydrogen-bond donors (Lipinski definition) is 1. The van der Waals surface area contributed by atoms with E-state index < -0.39 is 0 Å². The number of hydrogen-bond acceptors (Lipinski definition) is 3. The molecule has 1 N–H and O–H groups in total. The number of benzene rings is 2. The number of imidazole rings is 1. The maximum Gasteiger partial charge on any atom is 0.106 e. The number of aryl methyl sites for hydroxylation is 1. The summed E-state index contributed by atoms with van der Waals surface area (Å²) in [5, 5.41) is 0.698. The van der Waals surface area contributed by atoms with Crippen LogP contribution in [0.5, 0.6) is 0 Å². The van der Waals surface area contributed by atoms with Crippen LogP contribution in [0.15, 0.2) is 54.9 Å². The van der Waals surface area contributed by atoms with Crippen molar-refractivity contribution < 1.29 is 0 Å². The molecular formula is C19H15ClN4. The highest BCUT2D eigenvalue weighted by Gasteiger charge is 2.14. The Morgan fingerprint density at radius 3 is 2.58 bits per heavy atom. The minimum absolute atomic E-state index is 0.698. The second-order valence-electron chi connectivity index (χ2n) is 5.53. The third kappa shape index (κ3) is 2.65. The van der Waals surface area contributed by atoms with Crippen molar-refractivity contribution in [1.29, 1.82) is 0 Å². The van der Waals surface area contributed by atoms with Gasteiger partial charge in [0.1, 0.15) is 5.82 Å². The van der Waals surface area contributed by atoms with Gasteiger partial charge in [-0.25, -0.2) is 4.98 Å². The van der Waals surface area contributed by atoms with E-state index in [0.717, 1.165) is 45.8 Å². The van der Waals surface area contributed by atoms with Crippen LogP contribution in [0.3, 0.4) is 0 Å². The van der Waals surface area contributed by atoms with E-state index in [1.165, 1.54) is 0 Å². The molecule has 2 aromatic carbocycles. The van der Waals surface area contributed by atoms with E-state index in [0.29, 0.717) is 5.02 Å². The maximum atomic E-state index is 6.16. The second-order valence-corrected chi connectivity index (χ2v) is 5.97. The van der Waals surface area contributed by atoms with Gasteiger partial charge in [0.15, 0.2) is 0 Å². The minimum Gasteiger partial charge on any atom is -0.341 e. The van der Waals surface area contributed by atoms with Crippen molar-refractivity contribution in [3.63, 3.8) is 0 Å². The summed E-state index contributed by atoms with van der Waals surface area (Å²) >= 11 is 6.16. The van der Waals surface area contributed by atoms with Crippen LogP contribution in [0.25, 0.3) is 33.5 Å². The van der Waals surface area contributed by atoms with Crippen molar-refractivity contribution in [2.24, 2.45) is 0 Å². The zero-order valence-corrected chi connectivity index (χ0v) is 13.9. The molecule has 0 aliphatic rings. The van der Waals surface area contributed by atoms with Crippen molar-refractivity contribution in [2.45, 2.75) is 13.3 Å². The normalized spacial score (nSPS) is 11.1. The number of fused-ring (bicyclic) bond motifs is 1. The van der Waals surface area contributed by atoms with Crippen molar-refractivity contribution in [3.8, 4) is 22.5 Å². The molecule has 5 heteroatoms. The first-order valence-electron chi connectivity index (χ1n) is 7.80. The topological polar surface area (TPSA) is 54.5 Å². The standard InChI is InChI=1S/C19H15ClN4/c1-2-17-23-18(12-4-3-5-14(20)10-12)19(24-17)13-6-7-15-16(11-13)22-9-8-21-15/h3-11H,2H2,1H3,(H,23,24). The number of halogens is 1. The average molecular weight is 335 g/mol. The van der Waals surface area contributed by atoms with Crippen molar-refractivity contribution in [2.75, 3.05) is 0 Å². The average Bonchev–Trinajstić information content (AvgIpc) is 3.06. The number of H-pyrrole nitrogens is 1. The molecule has 0 aliphatic heterocycles. The highest BCUT2D eigenvalue weighted by molar-refractivity contribution is 6.30. The summed E-state index contributed by atoms with van der Waals surface area (Å²) in [6.45, 7) is 2.08. The maximum absolute atomic E-state index is 6.16. The van der Waals surface area contributed by atoms with Gasteiger partial charge in [-0.05, 0) is 24.3 Å². The molecule has 0 spiro atoms. The molecule has 24 heavy (non-hydrogen) atoms. The fourth-order valence-electron chi connectivity index (χ4n) is 2.76. The lowest BCUT2D eigenvalue weighted by molar-refractivity contribution is 0.992. The monoisotopic (exact) mass is 334 g/mol. The summed E-state index contributed by atoms with van der Waals surface area (Å²) in [6, 6.07) is 13.8. The van der Waals surface area contributed by atoms with Crippen LogP contribution in [0, 0.1) is 0 Å². The molecule has 2 heterocycles. The molecule has 4 aromatic rings. The Hall–Kier alpha value is -2.72. The van der Waals surface area contributed by atoms with E-state index in [1.54, 1.807) is 12.4 Å². The van der Waals surface area contributed by atoms with E-state index in [9.17, 15) is 0 Å². The van der Waals surface area contributed by atoms with Crippen LogP contribution in [0.2, 0.25) is 5.02 Å². The Labute approximate surface area is 144 Å². The lowest BCUT2D eigenvalue weighted by atomic mass is 10.0. The van der Waals surface area contributed by atoms with Gasteiger partial charge >= 0.3 is 0 Å². The Bertz CT molecular complexity index is 1020. The summed E-state index contributed by atoms with van der Waals surface area (Å²) in [6.07, 6.45) is 4.24. The first-order valence-corrected chi connectivity index (χ1v) is 8.18. The van der Waals surface area contributed by atoms with Gasteiger partial charge in [0.25, 0.3) is 0 Å². The highest BCUT2D eigenvalue weighted by atomic mass is 35.5. The fourth-order valence-corrected chi connectivity index (χ4v) is 2.95. The van der Waals surface area contributed by atoms with Gasteiger partial charge in [-0.2, -0.15) is 0 Å². The zero-order valence-electron chi connectivity index (χ0n) is 13.1. The Morgan fingerprint density at radius 1 is 0.958 bits per heavy atom. The fraction of sp³-hybridized carbons (Fsp3) is 0.105. The minimum atomic E-state index is 0.698. The number of rotatable bonds is 3. The summed E-state index contributed by atoms with van der Waals surface area (Å²) < 4.78 is 0. The summed E-state index contributed by atoms with van der Waals surface area (Å²) in [4.78, 5) is 16.9. The largest absolute Gasteiger partial charge is 0.341 e. The molecule has 2 aromatic heterocycles. The van der Waals surface area contributed by atoms with Gasteiger partial charge in [-0.15, -0.1) is 0 Å². The van der Waals surface area contributed by atoms with E-state index in [1.807, 2.05) is 42.5 Å². The SMILES string of the molecule is CCc1nc(-c2cccc(Cl)c2)c(-c2ccc3nccnc3c2)[nH]1. The number of nitrogens with zero attached hydrogens (tertiary/aromatic N) is 3. The molecule has 4 nitrogen and oxygen atoms in total. The predicted octanol–water partition coefficient (Wildman–Crippen LogP) is 4.90. The van der Waals surface area contributed by atoms with Crippen molar-refractivity contribution in [1.82, 2.24) is 19.9 Å². The number of aromatic nitrogens is 4. The van der Waals surface area contributed by atoms with Crippen molar-refractivity contribution >= 4 is 22.6 Å². The number of aromatic amines is 1. The van der Waals surface area contributed by atoms with Crippen LogP contribution in [0.1, 0.15) is 12.7 Å². The van der Waals surface area contributed by atoms with Gasteiger partial charge in [-0.3, -0.25) is 9.97 Å². The van der Waals surface area contributed by atoms with Gasteiger partial charge in [0, 0.05) is 35.0 Å². The van der Waals surface area contributed by atoms with Crippen LogP contribution in [0.4, 0.5) is 0 Å². The van der Waals surface area contributed by atoms with Crippen LogP contribution < -0.4 is 0 Å². The third-order valence-electron chi connectivity index (χ3n) is 3.94. The smallest absolute Gasteiger partial charge is 0.106 e. The molecule has 0 amide bonds. The Kier molecular flexibility index (Phi) is 3.75. The van der Waals surface area contributed by atoms with Gasteiger partial charge in [-0.1, -0.05) is 36.7 Å². The second kappa shape index (κ2) is 6.06. The molecular weight excluding hydrogens is 320 g/mol. The summed E-state index contributed by atoms with van der Waals surface area (Å²) in [7, 11) is 0. The van der Waals surface area contributed by atoms with E-state index in [2.05, 4.69) is 21.9 Å². The Morgan fingerprint density at radius 2 is 1.79 bits per heavy atom. The lowest BCUT2D eigenvalue weighted by Gasteiger charge is -2.05. The van der Waals surface area contributed by atoms with E-state index >= 15 is 0 Å². The molecule has 0 unspecified atom stereocenters. The highest BCUT2D eigenvalue weighted by Crippen LogP contribution is 2.32. The lowest BCUT2D eigenvalue weighted by Crippen LogP contribution is -1.87. The molecule has 0 aliphatic carbocycles. The molecule has 0 fully saturated rings. The first-order chi connectivity index (χ1) is 11.7. The molecule has 0 bridgehead atoms.